The molecule has 0 fully saturated rings. The van der Waals surface area contributed by atoms with E-state index in [4.69, 9.17) is 15.2 Å². The Morgan fingerprint density at radius 3 is 2.25 bits per heavy atom. The molecule has 0 aliphatic rings. The van der Waals surface area contributed by atoms with Crippen LogP contribution in [0.3, 0.4) is 0 Å². The Balaban J connectivity index is 2.05. The third-order valence-electron chi connectivity index (χ3n) is 4.10. The van der Waals surface area contributed by atoms with Gasteiger partial charge in [0.1, 0.15) is 0 Å². The second-order valence-corrected chi connectivity index (χ2v) is 6.18. The number of benzene rings is 2. The van der Waals surface area contributed by atoms with Crippen molar-refractivity contribution in [3.05, 3.63) is 59.2 Å². The lowest BCUT2D eigenvalue weighted by molar-refractivity contribution is 0.0939. The third-order valence-corrected chi connectivity index (χ3v) is 4.10. The Kier molecular flexibility index (Phi) is 7.68. The summed E-state index contributed by atoms with van der Waals surface area (Å²) in [4.78, 5) is 23.3. The Morgan fingerprint density at radius 1 is 1.00 bits per heavy atom. The molecular weight excluding hydrogens is 358 g/mol. The first-order valence-corrected chi connectivity index (χ1v) is 9.27. The van der Waals surface area contributed by atoms with Crippen LogP contribution in [0.15, 0.2) is 42.5 Å². The number of carbonyl (C=O) groups excluding carboxylic acids is 2. The molecule has 0 saturated heterocycles. The Bertz CT molecular complexity index is 806. The summed E-state index contributed by atoms with van der Waals surface area (Å²) in [5, 5.41) is 5.49. The first kappa shape index (κ1) is 21.1. The SMILES string of the molecule is CCOc1ccc(C(C)NC(=O)c2ccc(CNC(N)=O)cc2)cc1OCC. The molecule has 2 aromatic rings. The number of amides is 3. The average Bonchev–Trinajstić information content (AvgIpc) is 2.68. The molecule has 28 heavy (non-hydrogen) atoms. The molecule has 7 heteroatoms. The lowest BCUT2D eigenvalue weighted by Gasteiger charge is -2.17. The van der Waals surface area contributed by atoms with Crippen LogP contribution in [0.1, 0.15) is 48.3 Å². The largest absolute Gasteiger partial charge is 0.490 e. The van der Waals surface area contributed by atoms with E-state index >= 15 is 0 Å². The van der Waals surface area contributed by atoms with E-state index in [1.165, 1.54) is 0 Å². The molecule has 2 rings (SSSR count). The normalized spacial score (nSPS) is 11.4. The van der Waals surface area contributed by atoms with Crippen LogP contribution in [0, 0.1) is 0 Å². The molecule has 0 aliphatic heterocycles. The van der Waals surface area contributed by atoms with Gasteiger partial charge in [0.25, 0.3) is 5.91 Å². The van der Waals surface area contributed by atoms with Gasteiger partial charge in [0.2, 0.25) is 0 Å². The zero-order chi connectivity index (χ0) is 20.5. The van der Waals surface area contributed by atoms with Crippen LogP contribution in [0.4, 0.5) is 4.79 Å². The Morgan fingerprint density at radius 2 is 1.64 bits per heavy atom. The molecular formula is C21H27N3O4. The van der Waals surface area contributed by atoms with Crippen LogP contribution in [0.5, 0.6) is 11.5 Å². The molecule has 0 bridgehead atoms. The number of primary amides is 1. The van der Waals surface area contributed by atoms with Crippen LogP contribution in [-0.4, -0.2) is 25.2 Å². The lowest BCUT2D eigenvalue weighted by Crippen LogP contribution is -2.28. The van der Waals surface area contributed by atoms with Crippen molar-refractivity contribution in [3.8, 4) is 11.5 Å². The van der Waals surface area contributed by atoms with Crippen molar-refractivity contribution < 1.29 is 19.1 Å². The first-order valence-electron chi connectivity index (χ1n) is 9.27. The molecule has 7 nitrogen and oxygen atoms in total. The van der Waals surface area contributed by atoms with Crippen molar-refractivity contribution >= 4 is 11.9 Å². The smallest absolute Gasteiger partial charge is 0.312 e. The highest BCUT2D eigenvalue weighted by Crippen LogP contribution is 2.30. The summed E-state index contributed by atoms with van der Waals surface area (Å²) < 4.78 is 11.2. The monoisotopic (exact) mass is 385 g/mol. The number of hydrogen-bond acceptors (Lipinski definition) is 4. The fraction of sp³-hybridized carbons (Fsp3) is 0.333. The van der Waals surface area contributed by atoms with Crippen LogP contribution >= 0.6 is 0 Å². The van der Waals surface area contributed by atoms with Crippen molar-refractivity contribution in [2.24, 2.45) is 5.73 Å². The highest BCUT2D eigenvalue weighted by atomic mass is 16.5. The van der Waals surface area contributed by atoms with Gasteiger partial charge in [-0.1, -0.05) is 18.2 Å². The van der Waals surface area contributed by atoms with Crippen molar-refractivity contribution in [3.63, 3.8) is 0 Å². The predicted molar refractivity (Wildman–Crippen MR) is 108 cm³/mol. The van der Waals surface area contributed by atoms with Crippen molar-refractivity contribution in [1.82, 2.24) is 10.6 Å². The van der Waals surface area contributed by atoms with Gasteiger partial charge in [-0.05, 0) is 56.2 Å². The van der Waals surface area contributed by atoms with Gasteiger partial charge in [-0.15, -0.1) is 0 Å². The van der Waals surface area contributed by atoms with Crippen molar-refractivity contribution in [2.45, 2.75) is 33.4 Å². The summed E-state index contributed by atoms with van der Waals surface area (Å²) in [7, 11) is 0. The number of nitrogens with two attached hydrogens (primary N) is 1. The van der Waals surface area contributed by atoms with Crippen LogP contribution in [0.2, 0.25) is 0 Å². The van der Waals surface area contributed by atoms with Gasteiger partial charge in [-0.3, -0.25) is 4.79 Å². The van der Waals surface area contributed by atoms with Gasteiger partial charge >= 0.3 is 6.03 Å². The highest BCUT2D eigenvalue weighted by molar-refractivity contribution is 5.94. The standard InChI is InChI=1S/C21H27N3O4/c1-4-27-18-11-10-17(12-19(18)28-5-2)14(3)24-20(25)16-8-6-15(7-9-16)13-23-21(22)26/h6-12,14H,4-5,13H2,1-3H3,(H,24,25)(H3,22,23,26). The maximum absolute atomic E-state index is 12.5. The quantitative estimate of drug-likeness (QED) is 0.617. The molecule has 3 amide bonds. The molecule has 2 aromatic carbocycles. The van der Waals surface area contributed by atoms with Gasteiger partial charge in [-0.2, -0.15) is 0 Å². The minimum Gasteiger partial charge on any atom is -0.490 e. The maximum atomic E-state index is 12.5. The van der Waals surface area contributed by atoms with E-state index in [9.17, 15) is 9.59 Å². The second-order valence-electron chi connectivity index (χ2n) is 6.18. The highest BCUT2D eigenvalue weighted by Gasteiger charge is 2.14. The Labute approximate surface area is 165 Å². The molecule has 1 atom stereocenters. The average molecular weight is 385 g/mol. The van der Waals surface area contributed by atoms with E-state index in [0.29, 0.717) is 36.8 Å². The second kappa shape index (κ2) is 10.2. The van der Waals surface area contributed by atoms with Crippen molar-refractivity contribution in [2.75, 3.05) is 13.2 Å². The van der Waals surface area contributed by atoms with Crippen LogP contribution in [0.25, 0.3) is 0 Å². The van der Waals surface area contributed by atoms with E-state index in [-0.39, 0.29) is 11.9 Å². The summed E-state index contributed by atoms with van der Waals surface area (Å²) in [6.45, 7) is 7.14. The molecule has 4 N–H and O–H groups in total. The molecule has 150 valence electrons. The zero-order valence-electron chi connectivity index (χ0n) is 16.5. The number of nitrogens with one attached hydrogen (secondary N) is 2. The molecule has 1 unspecified atom stereocenters. The van der Waals surface area contributed by atoms with E-state index < -0.39 is 6.03 Å². The lowest BCUT2D eigenvalue weighted by atomic mass is 10.1. The Hall–Kier alpha value is -3.22. The van der Waals surface area contributed by atoms with E-state index in [2.05, 4.69) is 10.6 Å². The van der Waals surface area contributed by atoms with Gasteiger partial charge in [-0.25, -0.2) is 4.79 Å². The summed E-state index contributed by atoms with van der Waals surface area (Å²) >= 11 is 0. The van der Waals surface area contributed by atoms with Crippen LogP contribution in [-0.2, 0) is 6.54 Å². The van der Waals surface area contributed by atoms with Gasteiger partial charge in [0, 0.05) is 12.1 Å². The summed E-state index contributed by atoms with van der Waals surface area (Å²) in [5.74, 6) is 1.16. The predicted octanol–water partition coefficient (Wildman–Crippen LogP) is 3.14. The molecule has 0 spiro atoms. The number of hydrogen-bond donors (Lipinski definition) is 3. The zero-order valence-corrected chi connectivity index (χ0v) is 16.5. The van der Waals surface area contributed by atoms with Crippen molar-refractivity contribution in [1.29, 1.82) is 0 Å². The fourth-order valence-corrected chi connectivity index (χ4v) is 2.66. The molecule has 0 heterocycles. The number of rotatable bonds is 9. The molecule has 0 aliphatic carbocycles. The number of ether oxygens (including phenoxy) is 2. The van der Waals surface area contributed by atoms with Crippen LogP contribution < -0.4 is 25.8 Å². The van der Waals surface area contributed by atoms with Gasteiger partial charge < -0.3 is 25.8 Å². The molecule has 0 aromatic heterocycles. The van der Waals surface area contributed by atoms with Gasteiger partial charge in [0.15, 0.2) is 11.5 Å². The van der Waals surface area contributed by atoms with E-state index in [1.807, 2.05) is 39.0 Å². The molecule has 0 saturated carbocycles. The maximum Gasteiger partial charge on any atom is 0.312 e. The summed E-state index contributed by atoms with van der Waals surface area (Å²) in [5.41, 5.74) is 7.36. The van der Waals surface area contributed by atoms with Gasteiger partial charge in [0.05, 0.1) is 19.3 Å². The van der Waals surface area contributed by atoms with E-state index in [1.54, 1.807) is 24.3 Å². The topological polar surface area (TPSA) is 103 Å². The van der Waals surface area contributed by atoms with E-state index in [0.717, 1.165) is 11.1 Å². The number of carbonyl (C=O) groups is 2. The number of urea groups is 1. The minimum absolute atomic E-state index is 0.186. The molecule has 0 radical (unpaired) electrons. The third kappa shape index (κ3) is 5.90. The fourth-order valence-electron chi connectivity index (χ4n) is 2.66. The summed E-state index contributed by atoms with van der Waals surface area (Å²) in [6, 6.07) is 11.8. The summed E-state index contributed by atoms with van der Waals surface area (Å²) in [6.07, 6.45) is 0. The minimum atomic E-state index is -0.586. The first-order chi connectivity index (χ1) is 13.4.